The van der Waals surface area contributed by atoms with Gasteiger partial charge in [0.15, 0.2) is 0 Å². The van der Waals surface area contributed by atoms with Gasteiger partial charge in [0.05, 0.1) is 7.11 Å². The molecule has 1 rings (SSSR count). The summed E-state index contributed by atoms with van der Waals surface area (Å²) in [6.45, 7) is 9.64. The third kappa shape index (κ3) is 4.22. The molecule has 0 bridgehead atoms. The van der Waals surface area contributed by atoms with Gasteiger partial charge in [-0.1, -0.05) is 6.07 Å². The van der Waals surface area contributed by atoms with Crippen molar-refractivity contribution >= 4 is 0 Å². The summed E-state index contributed by atoms with van der Waals surface area (Å²) >= 11 is 0. The van der Waals surface area contributed by atoms with Crippen LogP contribution in [0.1, 0.15) is 28.7 Å². The van der Waals surface area contributed by atoms with Gasteiger partial charge in [-0.15, -0.1) is 0 Å². The lowest BCUT2D eigenvalue weighted by atomic mass is 9.98. The van der Waals surface area contributed by atoms with Crippen molar-refractivity contribution in [2.75, 3.05) is 34.3 Å². The van der Waals surface area contributed by atoms with Gasteiger partial charge >= 0.3 is 0 Å². The fraction of sp³-hybridized carbons (Fsp3) is 0.625. The van der Waals surface area contributed by atoms with E-state index in [1.165, 1.54) is 28.7 Å². The van der Waals surface area contributed by atoms with Gasteiger partial charge in [-0.2, -0.15) is 0 Å². The van der Waals surface area contributed by atoms with Crippen LogP contribution in [-0.4, -0.2) is 39.2 Å². The number of hydrogen-bond acceptors (Lipinski definition) is 3. The van der Waals surface area contributed by atoms with Gasteiger partial charge < -0.3 is 15.0 Å². The Hall–Kier alpha value is -1.06. The predicted molar refractivity (Wildman–Crippen MR) is 82.1 cm³/mol. The molecule has 0 saturated carbocycles. The minimum atomic E-state index is 1.00. The minimum Gasteiger partial charge on any atom is -0.496 e. The molecule has 1 N–H and O–H groups in total. The van der Waals surface area contributed by atoms with Crippen molar-refractivity contribution in [1.29, 1.82) is 0 Å². The molecule has 0 fully saturated rings. The van der Waals surface area contributed by atoms with Crippen LogP contribution in [0.2, 0.25) is 0 Å². The highest BCUT2D eigenvalue weighted by Crippen LogP contribution is 2.29. The third-order valence-corrected chi connectivity index (χ3v) is 3.74. The molecule has 3 heteroatoms. The minimum absolute atomic E-state index is 1.00. The molecular formula is C16H28N2O. The Morgan fingerprint density at radius 2 is 1.89 bits per heavy atom. The van der Waals surface area contributed by atoms with Crippen molar-refractivity contribution in [2.45, 2.75) is 33.7 Å². The zero-order valence-electron chi connectivity index (χ0n) is 13.3. The summed E-state index contributed by atoms with van der Waals surface area (Å²) in [5.41, 5.74) is 5.25. The lowest BCUT2D eigenvalue weighted by molar-refractivity contribution is 0.320. The van der Waals surface area contributed by atoms with Gasteiger partial charge in [0.2, 0.25) is 0 Å². The molecular weight excluding hydrogens is 236 g/mol. The fourth-order valence-electron chi connectivity index (χ4n) is 2.52. The number of nitrogens with zero attached hydrogens (tertiary/aromatic N) is 1. The molecule has 1 aromatic rings. The molecule has 1 aromatic carbocycles. The summed E-state index contributed by atoms with van der Waals surface area (Å²) in [6.07, 6.45) is 1.18. The maximum atomic E-state index is 5.47. The van der Waals surface area contributed by atoms with E-state index in [0.29, 0.717) is 0 Å². The summed E-state index contributed by atoms with van der Waals surface area (Å²) in [5, 5.41) is 3.19. The number of aryl methyl sites for hydroxylation is 1. The van der Waals surface area contributed by atoms with Crippen LogP contribution in [0.25, 0.3) is 0 Å². The van der Waals surface area contributed by atoms with Crippen LogP contribution < -0.4 is 10.1 Å². The van der Waals surface area contributed by atoms with Crippen LogP contribution in [0.4, 0.5) is 0 Å². The Labute approximate surface area is 118 Å². The molecule has 108 valence electrons. The van der Waals surface area contributed by atoms with Gasteiger partial charge in [0.1, 0.15) is 5.75 Å². The van der Waals surface area contributed by atoms with Gasteiger partial charge in [-0.25, -0.2) is 0 Å². The third-order valence-electron chi connectivity index (χ3n) is 3.74. The van der Waals surface area contributed by atoms with Crippen LogP contribution >= 0.6 is 0 Å². The van der Waals surface area contributed by atoms with E-state index in [-0.39, 0.29) is 0 Å². The Morgan fingerprint density at radius 1 is 1.21 bits per heavy atom. The summed E-state index contributed by atoms with van der Waals surface area (Å²) in [7, 11) is 5.93. The van der Waals surface area contributed by atoms with Crippen LogP contribution in [0.3, 0.4) is 0 Å². The zero-order valence-corrected chi connectivity index (χ0v) is 13.3. The molecule has 0 radical (unpaired) electrons. The molecule has 0 atom stereocenters. The Kier molecular flexibility index (Phi) is 6.32. The van der Waals surface area contributed by atoms with Gasteiger partial charge in [-0.3, -0.25) is 0 Å². The number of benzene rings is 1. The lowest BCUT2D eigenvalue weighted by Crippen LogP contribution is -2.23. The van der Waals surface area contributed by atoms with E-state index in [1.807, 2.05) is 7.05 Å². The van der Waals surface area contributed by atoms with Crippen molar-refractivity contribution in [1.82, 2.24) is 10.2 Å². The highest BCUT2D eigenvalue weighted by Gasteiger charge is 2.11. The Balaban J connectivity index is 2.79. The van der Waals surface area contributed by atoms with E-state index < -0.39 is 0 Å². The quantitative estimate of drug-likeness (QED) is 0.766. The summed E-state index contributed by atoms with van der Waals surface area (Å²) in [5.74, 6) is 1.03. The van der Waals surface area contributed by atoms with Crippen LogP contribution in [-0.2, 0) is 6.54 Å². The predicted octanol–water partition coefficient (Wildman–Crippen LogP) is 2.66. The maximum Gasteiger partial charge on any atom is 0.124 e. The molecule has 0 aliphatic rings. The Bertz CT molecular complexity index is 416. The van der Waals surface area contributed by atoms with Crippen molar-refractivity contribution in [3.05, 3.63) is 28.3 Å². The molecule has 0 aliphatic heterocycles. The molecule has 19 heavy (non-hydrogen) atoms. The average molecular weight is 264 g/mol. The maximum absolute atomic E-state index is 5.47. The van der Waals surface area contributed by atoms with E-state index in [0.717, 1.165) is 25.4 Å². The average Bonchev–Trinajstić information content (AvgIpc) is 2.36. The molecule has 0 aliphatic carbocycles. The largest absolute Gasteiger partial charge is 0.496 e. The molecule has 0 heterocycles. The highest BCUT2D eigenvalue weighted by molar-refractivity contribution is 5.48. The molecule has 3 nitrogen and oxygen atoms in total. The van der Waals surface area contributed by atoms with Crippen molar-refractivity contribution in [3.8, 4) is 5.75 Å². The lowest BCUT2D eigenvalue weighted by Gasteiger charge is -2.21. The number of nitrogens with one attached hydrogen (secondary N) is 1. The van der Waals surface area contributed by atoms with Gasteiger partial charge in [-0.05, 0) is 76.6 Å². The molecule has 0 spiro atoms. The number of hydrogen-bond donors (Lipinski definition) is 1. The van der Waals surface area contributed by atoms with Crippen LogP contribution in [0.15, 0.2) is 6.07 Å². The SMILES string of the molecule is CNCCCN(C)Cc1cc(C)c(OC)c(C)c1C. The topological polar surface area (TPSA) is 24.5 Å². The standard InChI is InChI=1S/C16H28N2O/c1-12-10-15(11-18(5)9-7-8-17-4)13(2)14(3)16(12)19-6/h10,17H,7-9,11H2,1-6H3. The van der Waals surface area contributed by atoms with E-state index in [1.54, 1.807) is 7.11 Å². The monoisotopic (exact) mass is 264 g/mol. The number of rotatable bonds is 7. The van der Waals surface area contributed by atoms with Crippen molar-refractivity contribution in [2.24, 2.45) is 0 Å². The van der Waals surface area contributed by atoms with Gasteiger partial charge in [0.25, 0.3) is 0 Å². The number of ether oxygens (including phenoxy) is 1. The van der Waals surface area contributed by atoms with E-state index >= 15 is 0 Å². The molecule has 0 amide bonds. The molecule has 0 unspecified atom stereocenters. The van der Waals surface area contributed by atoms with Gasteiger partial charge in [0, 0.05) is 6.54 Å². The number of methoxy groups -OCH3 is 1. The summed E-state index contributed by atoms with van der Waals surface area (Å²) < 4.78 is 5.47. The normalized spacial score (nSPS) is 11.1. The van der Waals surface area contributed by atoms with Crippen molar-refractivity contribution < 1.29 is 4.74 Å². The molecule has 0 saturated heterocycles. The first kappa shape index (κ1) is 16.0. The fourth-order valence-corrected chi connectivity index (χ4v) is 2.52. The Morgan fingerprint density at radius 3 is 2.47 bits per heavy atom. The second kappa shape index (κ2) is 7.51. The second-order valence-corrected chi connectivity index (χ2v) is 5.33. The first-order valence-electron chi connectivity index (χ1n) is 6.98. The first-order valence-corrected chi connectivity index (χ1v) is 6.98. The van der Waals surface area contributed by atoms with Crippen molar-refractivity contribution in [3.63, 3.8) is 0 Å². The highest BCUT2D eigenvalue weighted by atomic mass is 16.5. The van der Waals surface area contributed by atoms with Crippen LogP contribution in [0.5, 0.6) is 5.75 Å². The second-order valence-electron chi connectivity index (χ2n) is 5.33. The summed E-state index contributed by atoms with van der Waals surface area (Å²) in [6, 6.07) is 2.26. The smallest absolute Gasteiger partial charge is 0.124 e. The molecule has 0 aromatic heterocycles. The van der Waals surface area contributed by atoms with E-state index in [9.17, 15) is 0 Å². The van der Waals surface area contributed by atoms with E-state index in [2.05, 4.69) is 44.1 Å². The summed E-state index contributed by atoms with van der Waals surface area (Å²) in [4.78, 5) is 2.38. The zero-order chi connectivity index (χ0) is 14.4. The van der Waals surface area contributed by atoms with Crippen LogP contribution in [0, 0.1) is 20.8 Å². The van der Waals surface area contributed by atoms with E-state index in [4.69, 9.17) is 4.74 Å². The first-order chi connectivity index (χ1) is 9.01.